The second-order valence-corrected chi connectivity index (χ2v) is 8.43. The monoisotopic (exact) mass is 349 g/mol. The number of ether oxygens (including phenoxy) is 1. The maximum Gasteiger partial charge on any atom is 0.214 e. The van der Waals surface area contributed by atoms with Gasteiger partial charge in [-0.25, -0.2) is 13.1 Å². The number of sulfonamides is 1. The van der Waals surface area contributed by atoms with Gasteiger partial charge in [0.15, 0.2) is 0 Å². The van der Waals surface area contributed by atoms with Crippen molar-refractivity contribution in [1.82, 2.24) is 14.5 Å². The maximum atomic E-state index is 12.1. The van der Waals surface area contributed by atoms with Crippen LogP contribution < -0.4 is 9.46 Å². The Morgan fingerprint density at radius 1 is 1.29 bits per heavy atom. The molecule has 1 saturated carbocycles. The van der Waals surface area contributed by atoms with Crippen molar-refractivity contribution in [3.63, 3.8) is 0 Å². The molecule has 24 heavy (non-hydrogen) atoms. The first-order valence-electron chi connectivity index (χ1n) is 8.11. The molecule has 0 unspecified atom stereocenters. The van der Waals surface area contributed by atoms with E-state index in [2.05, 4.69) is 9.82 Å². The van der Waals surface area contributed by atoms with Gasteiger partial charge in [0.25, 0.3) is 0 Å². The van der Waals surface area contributed by atoms with Gasteiger partial charge in [-0.3, -0.25) is 4.68 Å². The van der Waals surface area contributed by atoms with Crippen LogP contribution >= 0.6 is 0 Å². The van der Waals surface area contributed by atoms with Crippen molar-refractivity contribution in [2.75, 3.05) is 18.9 Å². The Kier molecular flexibility index (Phi) is 4.91. The Labute approximate surface area is 142 Å². The zero-order chi connectivity index (χ0) is 17.0. The van der Waals surface area contributed by atoms with E-state index < -0.39 is 10.0 Å². The lowest BCUT2D eigenvalue weighted by Gasteiger charge is -2.16. The summed E-state index contributed by atoms with van der Waals surface area (Å²) >= 11 is 0. The van der Waals surface area contributed by atoms with Crippen LogP contribution in [0.15, 0.2) is 42.7 Å². The molecule has 1 N–H and O–H groups in total. The topological polar surface area (TPSA) is 73.2 Å². The summed E-state index contributed by atoms with van der Waals surface area (Å²) in [5.74, 6) is 0.645. The van der Waals surface area contributed by atoms with Gasteiger partial charge >= 0.3 is 0 Å². The minimum Gasteiger partial charge on any atom is -0.492 e. The summed E-state index contributed by atoms with van der Waals surface area (Å²) in [5, 5.41) is 4.19. The molecule has 1 aromatic heterocycles. The van der Waals surface area contributed by atoms with Crippen LogP contribution in [0.25, 0.3) is 0 Å². The highest BCUT2D eigenvalue weighted by molar-refractivity contribution is 7.89. The highest BCUT2D eigenvalue weighted by atomic mass is 32.2. The smallest absolute Gasteiger partial charge is 0.214 e. The number of rotatable bonds is 9. The zero-order valence-corrected chi connectivity index (χ0v) is 14.6. The molecule has 1 aliphatic rings. The van der Waals surface area contributed by atoms with Crippen LogP contribution in [0.3, 0.4) is 0 Å². The Balaban J connectivity index is 1.43. The highest BCUT2D eigenvalue weighted by Crippen LogP contribution is 2.46. The summed E-state index contributed by atoms with van der Waals surface area (Å²) in [7, 11) is -3.34. The Morgan fingerprint density at radius 3 is 2.67 bits per heavy atom. The van der Waals surface area contributed by atoms with Crippen LogP contribution in [-0.2, 0) is 16.6 Å². The molecule has 0 atom stereocenters. The fraction of sp³-hybridized carbons (Fsp3) is 0.471. The van der Waals surface area contributed by atoms with E-state index in [9.17, 15) is 8.42 Å². The standard InChI is InChI=1S/C17H23N3O3S/c1-15-3-5-16(6-4-15)23-11-12-24(21,22)19-13-17(7-8-17)14-20-10-2-9-18-20/h2-6,9-10,19H,7-8,11-14H2,1H3. The fourth-order valence-corrected chi connectivity index (χ4v) is 3.52. The van der Waals surface area contributed by atoms with E-state index in [1.165, 1.54) is 0 Å². The lowest BCUT2D eigenvalue weighted by Crippen LogP contribution is -2.35. The molecule has 1 fully saturated rings. The predicted octanol–water partition coefficient (Wildman–Crippen LogP) is 1.97. The molecular formula is C17H23N3O3S. The second kappa shape index (κ2) is 6.94. The number of aromatic nitrogens is 2. The van der Waals surface area contributed by atoms with Gasteiger partial charge in [0.1, 0.15) is 12.4 Å². The molecule has 0 amide bonds. The molecule has 2 aromatic rings. The first-order valence-corrected chi connectivity index (χ1v) is 9.76. The van der Waals surface area contributed by atoms with E-state index in [0.29, 0.717) is 12.3 Å². The van der Waals surface area contributed by atoms with Crippen LogP contribution in [0.5, 0.6) is 5.75 Å². The molecule has 0 saturated heterocycles. The molecule has 1 aromatic carbocycles. The molecule has 0 radical (unpaired) electrons. The lowest BCUT2D eigenvalue weighted by molar-refractivity contribution is 0.339. The molecule has 0 spiro atoms. The van der Waals surface area contributed by atoms with Crippen molar-refractivity contribution in [3.8, 4) is 5.75 Å². The van der Waals surface area contributed by atoms with E-state index in [1.54, 1.807) is 6.20 Å². The Morgan fingerprint density at radius 2 is 2.04 bits per heavy atom. The summed E-state index contributed by atoms with van der Waals surface area (Å²) in [6.45, 7) is 3.35. The van der Waals surface area contributed by atoms with E-state index in [-0.39, 0.29) is 17.8 Å². The van der Waals surface area contributed by atoms with Crippen LogP contribution in [0.2, 0.25) is 0 Å². The van der Waals surface area contributed by atoms with Crippen molar-refractivity contribution < 1.29 is 13.2 Å². The minimum absolute atomic E-state index is 0.0108. The van der Waals surface area contributed by atoms with Gasteiger partial charge in [-0.05, 0) is 38.0 Å². The third kappa shape index (κ3) is 4.82. The Bertz CT molecular complexity index is 751. The zero-order valence-electron chi connectivity index (χ0n) is 13.8. The normalized spacial score (nSPS) is 16.0. The third-order valence-corrected chi connectivity index (χ3v) is 5.61. The van der Waals surface area contributed by atoms with Gasteiger partial charge < -0.3 is 4.74 Å². The van der Waals surface area contributed by atoms with Crippen molar-refractivity contribution in [2.24, 2.45) is 5.41 Å². The maximum absolute atomic E-state index is 12.1. The summed E-state index contributed by atoms with van der Waals surface area (Å²) in [5.41, 5.74) is 1.15. The first kappa shape index (κ1) is 17.0. The van der Waals surface area contributed by atoms with Crippen molar-refractivity contribution >= 4 is 10.0 Å². The molecule has 0 bridgehead atoms. The van der Waals surface area contributed by atoms with Crippen LogP contribution in [0.4, 0.5) is 0 Å². The van der Waals surface area contributed by atoms with E-state index in [0.717, 1.165) is 24.9 Å². The lowest BCUT2D eigenvalue weighted by atomic mass is 10.1. The number of nitrogens with one attached hydrogen (secondary N) is 1. The van der Waals surface area contributed by atoms with Crippen LogP contribution in [0, 0.1) is 12.3 Å². The van der Waals surface area contributed by atoms with Gasteiger partial charge in [0.05, 0.1) is 5.75 Å². The van der Waals surface area contributed by atoms with E-state index in [1.807, 2.05) is 48.1 Å². The van der Waals surface area contributed by atoms with E-state index >= 15 is 0 Å². The molecule has 1 heterocycles. The minimum atomic E-state index is -3.34. The number of aryl methyl sites for hydroxylation is 1. The van der Waals surface area contributed by atoms with Gasteiger partial charge in [0.2, 0.25) is 10.0 Å². The largest absolute Gasteiger partial charge is 0.492 e. The first-order chi connectivity index (χ1) is 11.5. The van der Waals surface area contributed by atoms with Gasteiger partial charge in [-0.1, -0.05) is 17.7 Å². The Hall–Kier alpha value is -1.86. The van der Waals surface area contributed by atoms with Crippen molar-refractivity contribution in [2.45, 2.75) is 26.3 Å². The molecule has 7 heteroatoms. The van der Waals surface area contributed by atoms with Crippen molar-refractivity contribution in [1.29, 1.82) is 0 Å². The van der Waals surface area contributed by atoms with E-state index in [4.69, 9.17) is 4.74 Å². The summed E-state index contributed by atoms with van der Waals surface area (Å²) < 4.78 is 34.4. The molecule has 6 nitrogen and oxygen atoms in total. The number of nitrogens with zero attached hydrogens (tertiary/aromatic N) is 2. The molecular weight excluding hydrogens is 326 g/mol. The average molecular weight is 349 g/mol. The summed E-state index contributed by atoms with van der Waals surface area (Å²) in [6, 6.07) is 9.45. The summed E-state index contributed by atoms with van der Waals surface area (Å²) in [4.78, 5) is 0. The average Bonchev–Trinajstić information content (AvgIpc) is 3.12. The van der Waals surface area contributed by atoms with Gasteiger partial charge in [-0.15, -0.1) is 0 Å². The fourth-order valence-electron chi connectivity index (χ4n) is 2.54. The molecule has 1 aliphatic carbocycles. The molecule has 130 valence electrons. The van der Waals surface area contributed by atoms with Gasteiger partial charge in [0, 0.05) is 30.9 Å². The second-order valence-electron chi connectivity index (χ2n) is 6.51. The number of benzene rings is 1. The van der Waals surface area contributed by atoms with Gasteiger partial charge in [-0.2, -0.15) is 5.10 Å². The third-order valence-electron chi connectivity index (χ3n) is 4.32. The number of hydrogen-bond donors (Lipinski definition) is 1. The number of hydrogen-bond acceptors (Lipinski definition) is 4. The van der Waals surface area contributed by atoms with Crippen molar-refractivity contribution in [3.05, 3.63) is 48.3 Å². The highest BCUT2D eigenvalue weighted by Gasteiger charge is 2.43. The quantitative estimate of drug-likeness (QED) is 0.751. The van der Waals surface area contributed by atoms with Crippen LogP contribution in [-0.4, -0.2) is 37.1 Å². The molecule has 0 aliphatic heterocycles. The summed E-state index contributed by atoms with van der Waals surface area (Å²) in [6.07, 6.45) is 5.69. The predicted molar refractivity (Wildman–Crippen MR) is 92.4 cm³/mol. The SMILES string of the molecule is Cc1ccc(OCCS(=O)(=O)NCC2(Cn3cccn3)CC2)cc1. The van der Waals surface area contributed by atoms with Crippen LogP contribution in [0.1, 0.15) is 18.4 Å². The molecule has 3 rings (SSSR count).